The van der Waals surface area contributed by atoms with Crippen LogP contribution >= 0.6 is 45.9 Å². The lowest BCUT2D eigenvalue weighted by atomic mass is 10.2. The zero-order valence-electron chi connectivity index (χ0n) is 18.6. The van der Waals surface area contributed by atoms with Gasteiger partial charge in [-0.3, -0.25) is 4.79 Å². The summed E-state index contributed by atoms with van der Waals surface area (Å²) in [5, 5.41) is 6.40. The number of thiophene rings is 2. The Morgan fingerprint density at radius 2 is 1.47 bits per heavy atom. The van der Waals surface area contributed by atoms with Crippen molar-refractivity contribution in [2.45, 2.75) is 0 Å². The molecule has 1 N–H and O–H groups in total. The smallest absolute Gasteiger partial charge is 0.355 e. The maximum absolute atomic E-state index is 12.8. The molecular formula is C26H16Cl2N2O4S2. The molecular weight excluding hydrogens is 539 g/mol. The Bertz CT molecular complexity index is 1660. The molecule has 0 unspecified atom stereocenters. The van der Waals surface area contributed by atoms with E-state index >= 15 is 0 Å². The van der Waals surface area contributed by atoms with Crippen molar-refractivity contribution in [2.75, 3.05) is 7.11 Å². The van der Waals surface area contributed by atoms with Crippen LogP contribution in [0.15, 0.2) is 71.8 Å². The molecule has 0 radical (unpaired) electrons. The Kier molecular flexibility index (Phi) is 6.93. The van der Waals surface area contributed by atoms with E-state index in [0.29, 0.717) is 31.1 Å². The molecule has 10 heteroatoms. The summed E-state index contributed by atoms with van der Waals surface area (Å²) in [4.78, 5) is 26.1. The highest BCUT2D eigenvalue weighted by Crippen LogP contribution is 2.37. The number of methoxy groups -OCH3 is 1. The SMILES string of the molecule is COc1cc(/C=N\NC(=O)c2sc3ccccc3c2Cl)ccc1OC(=O)c1sc2ccccc2c1Cl. The Morgan fingerprint density at radius 3 is 2.11 bits per heavy atom. The van der Waals surface area contributed by atoms with Crippen molar-refractivity contribution in [3.05, 3.63) is 92.1 Å². The van der Waals surface area contributed by atoms with E-state index in [1.54, 1.807) is 18.2 Å². The summed E-state index contributed by atoms with van der Waals surface area (Å²) >= 11 is 15.3. The van der Waals surface area contributed by atoms with Crippen LogP contribution in [-0.2, 0) is 0 Å². The molecule has 0 saturated carbocycles. The quantitative estimate of drug-likeness (QED) is 0.102. The first-order valence-electron chi connectivity index (χ1n) is 10.5. The first kappa shape index (κ1) is 24.3. The molecule has 180 valence electrons. The standard InChI is InChI=1S/C26H16Cl2N2O4S2/c1-33-18-12-14(13-29-30-25(31)23-21(27)15-6-2-4-8-19(15)35-23)10-11-17(18)34-26(32)24-22(28)16-7-3-5-9-20(16)36-24/h2-13H,1H3,(H,30,31)/b29-13-. The van der Waals surface area contributed by atoms with Crippen LogP contribution in [-0.4, -0.2) is 25.2 Å². The number of nitrogens with one attached hydrogen (secondary N) is 1. The van der Waals surface area contributed by atoms with E-state index in [9.17, 15) is 9.59 Å². The van der Waals surface area contributed by atoms with Gasteiger partial charge in [-0.15, -0.1) is 22.7 Å². The Hall–Kier alpha value is -3.43. The van der Waals surface area contributed by atoms with Gasteiger partial charge in [0.25, 0.3) is 5.91 Å². The zero-order valence-corrected chi connectivity index (χ0v) is 21.7. The van der Waals surface area contributed by atoms with Crippen molar-refractivity contribution in [1.82, 2.24) is 5.43 Å². The van der Waals surface area contributed by atoms with Gasteiger partial charge in [-0.05, 0) is 35.9 Å². The number of esters is 1. The molecule has 2 aromatic heterocycles. The molecule has 0 aliphatic carbocycles. The largest absolute Gasteiger partial charge is 0.493 e. The van der Waals surface area contributed by atoms with Crippen LogP contribution in [0.4, 0.5) is 0 Å². The van der Waals surface area contributed by atoms with E-state index in [0.717, 1.165) is 20.2 Å². The van der Waals surface area contributed by atoms with Crippen molar-refractivity contribution >= 4 is 84.1 Å². The van der Waals surface area contributed by atoms with E-state index in [1.165, 1.54) is 36.0 Å². The highest BCUT2D eigenvalue weighted by Gasteiger charge is 2.21. The second-order valence-electron chi connectivity index (χ2n) is 7.48. The lowest BCUT2D eigenvalue weighted by Gasteiger charge is -2.09. The summed E-state index contributed by atoms with van der Waals surface area (Å²) in [5.74, 6) is -0.429. The van der Waals surface area contributed by atoms with Gasteiger partial charge in [-0.1, -0.05) is 59.6 Å². The average Bonchev–Trinajstić information content (AvgIpc) is 3.42. The number of ether oxygens (including phenoxy) is 2. The highest BCUT2D eigenvalue weighted by molar-refractivity contribution is 7.22. The summed E-state index contributed by atoms with van der Waals surface area (Å²) in [6.07, 6.45) is 1.45. The number of hydrogen-bond donors (Lipinski definition) is 1. The van der Waals surface area contributed by atoms with Crippen molar-refractivity contribution < 1.29 is 19.1 Å². The third kappa shape index (κ3) is 4.68. The lowest BCUT2D eigenvalue weighted by Crippen LogP contribution is -2.16. The maximum atomic E-state index is 12.8. The molecule has 36 heavy (non-hydrogen) atoms. The van der Waals surface area contributed by atoms with Crippen molar-refractivity contribution in [2.24, 2.45) is 5.10 Å². The summed E-state index contributed by atoms with van der Waals surface area (Å²) in [5.41, 5.74) is 3.11. The minimum absolute atomic E-state index is 0.231. The third-order valence-corrected chi connectivity index (χ3v) is 8.56. The number of carbonyl (C=O) groups excluding carboxylic acids is 2. The second-order valence-corrected chi connectivity index (χ2v) is 10.3. The van der Waals surface area contributed by atoms with Gasteiger partial charge in [0.1, 0.15) is 9.75 Å². The molecule has 0 saturated heterocycles. The summed E-state index contributed by atoms with van der Waals surface area (Å²) in [6.45, 7) is 0. The molecule has 0 fully saturated rings. The van der Waals surface area contributed by atoms with Gasteiger partial charge in [0, 0.05) is 20.2 Å². The first-order chi connectivity index (χ1) is 17.5. The Balaban J connectivity index is 1.30. The fraction of sp³-hybridized carbons (Fsp3) is 0.0385. The number of amides is 1. The number of carbonyl (C=O) groups is 2. The zero-order chi connectivity index (χ0) is 25.2. The fourth-order valence-electron chi connectivity index (χ4n) is 3.52. The predicted octanol–water partition coefficient (Wildman–Crippen LogP) is 7.41. The summed E-state index contributed by atoms with van der Waals surface area (Å²) in [6, 6.07) is 19.9. The van der Waals surface area contributed by atoms with Crippen molar-refractivity contribution in [1.29, 1.82) is 0 Å². The lowest BCUT2D eigenvalue weighted by molar-refractivity contribution is 0.0734. The summed E-state index contributed by atoms with van der Waals surface area (Å²) in [7, 11) is 1.46. The van der Waals surface area contributed by atoms with E-state index in [4.69, 9.17) is 32.7 Å². The number of nitrogens with zero attached hydrogens (tertiary/aromatic N) is 1. The van der Waals surface area contributed by atoms with Gasteiger partial charge in [-0.2, -0.15) is 5.10 Å². The predicted molar refractivity (Wildman–Crippen MR) is 147 cm³/mol. The number of halogens is 2. The van der Waals surface area contributed by atoms with Gasteiger partial charge < -0.3 is 9.47 Å². The summed E-state index contributed by atoms with van der Waals surface area (Å²) < 4.78 is 12.8. The first-order valence-corrected chi connectivity index (χ1v) is 12.9. The van der Waals surface area contributed by atoms with Crippen LogP contribution in [0.1, 0.15) is 24.9 Å². The van der Waals surface area contributed by atoms with Gasteiger partial charge in [0.15, 0.2) is 11.5 Å². The molecule has 2 heterocycles. The van der Waals surface area contributed by atoms with Gasteiger partial charge >= 0.3 is 5.97 Å². The van der Waals surface area contributed by atoms with Gasteiger partial charge in [0.2, 0.25) is 0 Å². The number of rotatable bonds is 6. The van der Waals surface area contributed by atoms with Gasteiger partial charge in [-0.25, -0.2) is 10.2 Å². The molecule has 3 aromatic carbocycles. The van der Waals surface area contributed by atoms with Crippen LogP contribution < -0.4 is 14.9 Å². The van der Waals surface area contributed by atoms with Crippen molar-refractivity contribution in [3.8, 4) is 11.5 Å². The molecule has 0 aliphatic rings. The molecule has 5 rings (SSSR count). The van der Waals surface area contributed by atoms with Crippen LogP contribution in [0.25, 0.3) is 20.2 Å². The molecule has 0 spiro atoms. The normalized spacial score (nSPS) is 11.3. The molecule has 5 aromatic rings. The molecule has 0 aliphatic heterocycles. The topological polar surface area (TPSA) is 77.0 Å². The monoisotopic (exact) mass is 554 g/mol. The maximum Gasteiger partial charge on any atom is 0.355 e. The van der Waals surface area contributed by atoms with Gasteiger partial charge in [0.05, 0.1) is 23.4 Å². The minimum Gasteiger partial charge on any atom is -0.493 e. The fourth-order valence-corrected chi connectivity index (χ4v) is 6.31. The Labute approximate surface area is 223 Å². The second kappa shape index (κ2) is 10.3. The van der Waals surface area contributed by atoms with E-state index < -0.39 is 11.9 Å². The van der Waals surface area contributed by atoms with Crippen LogP contribution in [0.5, 0.6) is 11.5 Å². The van der Waals surface area contributed by atoms with Crippen LogP contribution in [0.3, 0.4) is 0 Å². The molecule has 0 atom stereocenters. The molecule has 0 bridgehead atoms. The third-order valence-electron chi connectivity index (χ3n) is 5.23. The number of hydrazone groups is 1. The highest BCUT2D eigenvalue weighted by atomic mass is 35.5. The van der Waals surface area contributed by atoms with E-state index in [2.05, 4.69) is 10.5 Å². The average molecular weight is 555 g/mol. The number of hydrogen-bond acceptors (Lipinski definition) is 7. The molecule has 1 amide bonds. The van der Waals surface area contributed by atoms with E-state index in [1.807, 2.05) is 48.5 Å². The van der Waals surface area contributed by atoms with Crippen LogP contribution in [0.2, 0.25) is 10.0 Å². The number of benzene rings is 3. The minimum atomic E-state index is -0.576. The van der Waals surface area contributed by atoms with E-state index in [-0.39, 0.29) is 5.75 Å². The van der Waals surface area contributed by atoms with Crippen LogP contribution in [0, 0.1) is 0 Å². The van der Waals surface area contributed by atoms with Crippen molar-refractivity contribution in [3.63, 3.8) is 0 Å². The Morgan fingerprint density at radius 1 is 0.861 bits per heavy atom. The number of fused-ring (bicyclic) bond motifs is 2. The molecule has 6 nitrogen and oxygen atoms in total.